The fourth-order valence-corrected chi connectivity index (χ4v) is 5.24. The monoisotopic (exact) mass is 403 g/mol. The van der Waals surface area contributed by atoms with Gasteiger partial charge in [0, 0.05) is 37.9 Å². The number of aromatic nitrogens is 2. The molecule has 2 N–H and O–H groups in total. The lowest BCUT2D eigenvalue weighted by Gasteiger charge is -2.18. The first-order valence-electron chi connectivity index (χ1n) is 9.68. The second-order valence-electron chi connectivity index (χ2n) is 7.44. The Labute approximate surface area is 167 Å². The third kappa shape index (κ3) is 4.80. The molecule has 152 valence electrons. The minimum absolute atomic E-state index is 0.255. The van der Waals surface area contributed by atoms with E-state index in [0.29, 0.717) is 17.4 Å². The summed E-state index contributed by atoms with van der Waals surface area (Å²) in [5, 5.41) is 3.14. The minimum Gasteiger partial charge on any atom is -0.356 e. The molecule has 0 radical (unpaired) electrons. The van der Waals surface area contributed by atoms with Gasteiger partial charge < -0.3 is 10.2 Å². The summed E-state index contributed by atoms with van der Waals surface area (Å²) in [5.74, 6) is 1.46. The molecule has 1 aliphatic heterocycles. The van der Waals surface area contributed by atoms with Gasteiger partial charge in [0.2, 0.25) is 16.0 Å². The first-order chi connectivity index (χ1) is 13.3. The molecule has 1 aliphatic rings. The van der Waals surface area contributed by atoms with Gasteiger partial charge in [-0.3, -0.25) is 0 Å². The smallest absolute Gasteiger partial charge is 0.241 e. The highest BCUT2D eigenvalue weighted by molar-refractivity contribution is 7.89. The van der Waals surface area contributed by atoms with Crippen LogP contribution in [0.2, 0.25) is 0 Å². The van der Waals surface area contributed by atoms with E-state index in [1.54, 1.807) is 0 Å². The van der Waals surface area contributed by atoms with Gasteiger partial charge in [0.05, 0.1) is 4.90 Å². The molecule has 7 nitrogen and oxygen atoms in total. The van der Waals surface area contributed by atoms with Crippen LogP contribution >= 0.6 is 0 Å². The standard InChI is InChI=1S/C20H29N5O2S/c1-14-11-15(2)19(16(3)12-14)28(26,27)22-8-7-21-20-23-17(4)13-18(24-20)25-9-5-6-10-25/h11-13,22H,5-10H2,1-4H3,(H,21,23,24). The maximum absolute atomic E-state index is 12.7. The number of anilines is 2. The van der Waals surface area contributed by atoms with Crippen LogP contribution in [0.5, 0.6) is 0 Å². The average Bonchev–Trinajstić information content (AvgIpc) is 3.12. The molecule has 2 heterocycles. The molecule has 0 atom stereocenters. The van der Waals surface area contributed by atoms with E-state index >= 15 is 0 Å². The number of sulfonamides is 1. The molecular weight excluding hydrogens is 374 g/mol. The quantitative estimate of drug-likeness (QED) is 0.691. The summed E-state index contributed by atoms with van der Waals surface area (Å²) in [7, 11) is -3.56. The Balaban J connectivity index is 1.61. The van der Waals surface area contributed by atoms with Crippen molar-refractivity contribution in [2.45, 2.75) is 45.4 Å². The topological polar surface area (TPSA) is 87.2 Å². The van der Waals surface area contributed by atoms with Crippen molar-refractivity contribution >= 4 is 21.8 Å². The molecule has 1 aromatic heterocycles. The summed E-state index contributed by atoms with van der Waals surface area (Å²) in [5.41, 5.74) is 3.47. The van der Waals surface area contributed by atoms with Crippen molar-refractivity contribution < 1.29 is 8.42 Å². The molecule has 0 spiro atoms. The van der Waals surface area contributed by atoms with Crippen molar-refractivity contribution in [2.75, 3.05) is 36.4 Å². The highest BCUT2D eigenvalue weighted by atomic mass is 32.2. The van der Waals surface area contributed by atoms with Crippen LogP contribution < -0.4 is 14.9 Å². The van der Waals surface area contributed by atoms with E-state index in [9.17, 15) is 8.42 Å². The Hall–Kier alpha value is -2.19. The van der Waals surface area contributed by atoms with Gasteiger partial charge in [0.25, 0.3) is 0 Å². The molecule has 3 rings (SSSR count). The zero-order valence-electron chi connectivity index (χ0n) is 17.0. The fourth-order valence-electron chi connectivity index (χ4n) is 3.76. The first kappa shape index (κ1) is 20.5. The van der Waals surface area contributed by atoms with Crippen LogP contribution in [0.25, 0.3) is 0 Å². The van der Waals surface area contributed by atoms with Gasteiger partial charge in [-0.1, -0.05) is 17.7 Å². The number of hydrogen-bond donors (Lipinski definition) is 2. The number of rotatable bonds is 7. The summed E-state index contributed by atoms with van der Waals surface area (Å²) < 4.78 is 28.1. The van der Waals surface area contributed by atoms with Gasteiger partial charge in [-0.2, -0.15) is 4.98 Å². The number of hydrogen-bond acceptors (Lipinski definition) is 6. The van der Waals surface area contributed by atoms with Gasteiger partial charge in [-0.15, -0.1) is 0 Å². The highest BCUT2D eigenvalue weighted by Gasteiger charge is 2.19. The number of benzene rings is 1. The lowest BCUT2D eigenvalue weighted by Crippen LogP contribution is -2.30. The van der Waals surface area contributed by atoms with E-state index < -0.39 is 10.0 Å². The Morgan fingerprint density at radius 2 is 1.61 bits per heavy atom. The number of nitrogens with zero attached hydrogens (tertiary/aromatic N) is 3. The first-order valence-corrected chi connectivity index (χ1v) is 11.2. The van der Waals surface area contributed by atoms with E-state index in [2.05, 4.69) is 24.9 Å². The largest absolute Gasteiger partial charge is 0.356 e. The molecule has 8 heteroatoms. The molecule has 28 heavy (non-hydrogen) atoms. The minimum atomic E-state index is -3.56. The molecular formula is C20H29N5O2S. The molecule has 0 bridgehead atoms. The van der Waals surface area contributed by atoms with Crippen LogP contribution in [0.4, 0.5) is 11.8 Å². The van der Waals surface area contributed by atoms with E-state index in [-0.39, 0.29) is 6.54 Å². The van der Waals surface area contributed by atoms with E-state index in [1.807, 2.05) is 45.9 Å². The lowest BCUT2D eigenvalue weighted by molar-refractivity contribution is 0.581. The predicted molar refractivity (Wildman–Crippen MR) is 113 cm³/mol. The van der Waals surface area contributed by atoms with Crippen molar-refractivity contribution in [1.29, 1.82) is 0 Å². The van der Waals surface area contributed by atoms with E-state index in [0.717, 1.165) is 41.3 Å². The van der Waals surface area contributed by atoms with Crippen LogP contribution in [0.3, 0.4) is 0 Å². The maximum Gasteiger partial charge on any atom is 0.241 e. The Kier molecular flexibility index (Phi) is 6.20. The highest BCUT2D eigenvalue weighted by Crippen LogP contribution is 2.22. The van der Waals surface area contributed by atoms with Crippen molar-refractivity contribution in [3.8, 4) is 0 Å². The van der Waals surface area contributed by atoms with Crippen molar-refractivity contribution in [2.24, 2.45) is 0 Å². The number of aryl methyl sites for hydroxylation is 4. The Bertz CT molecular complexity index is 930. The summed E-state index contributed by atoms with van der Waals surface area (Å²) >= 11 is 0. The van der Waals surface area contributed by atoms with E-state index in [4.69, 9.17) is 0 Å². The second kappa shape index (κ2) is 8.45. The van der Waals surface area contributed by atoms with Gasteiger partial charge in [-0.25, -0.2) is 18.1 Å². The Morgan fingerprint density at radius 3 is 2.25 bits per heavy atom. The average molecular weight is 404 g/mol. The summed E-state index contributed by atoms with van der Waals surface area (Å²) in [4.78, 5) is 11.6. The van der Waals surface area contributed by atoms with Gasteiger partial charge in [0.15, 0.2) is 0 Å². The van der Waals surface area contributed by atoms with Gasteiger partial charge >= 0.3 is 0 Å². The second-order valence-corrected chi connectivity index (χ2v) is 9.14. The van der Waals surface area contributed by atoms with Crippen molar-refractivity contribution in [1.82, 2.24) is 14.7 Å². The molecule has 1 saturated heterocycles. The molecule has 0 amide bonds. The third-order valence-corrected chi connectivity index (χ3v) is 6.61. The number of nitrogens with one attached hydrogen (secondary N) is 2. The van der Waals surface area contributed by atoms with Gasteiger partial charge in [0.1, 0.15) is 5.82 Å². The predicted octanol–water partition coefficient (Wildman–Crippen LogP) is 2.70. The molecule has 2 aromatic rings. The van der Waals surface area contributed by atoms with Crippen molar-refractivity contribution in [3.05, 3.63) is 40.6 Å². The summed E-state index contributed by atoms with van der Waals surface area (Å²) in [6.07, 6.45) is 2.37. The lowest BCUT2D eigenvalue weighted by atomic mass is 10.1. The summed E-state index contributed by atoms with van der Waals surface area (Å²) in [6, 6.07) is 5.77. The fraction of sp³-hybridized carbons (Fsp3) is 0.500. The van der Waals surface area contributed by atoms with Crippen LogP contribution in [-0.4, -0.2) is 44.6 Å². The van der Waals surface area contributed by atoms with Crippen LogP contribution in [0.1, 0.15) is 35.2 Å². The third-order valence-electron chi connectivity index (χ3n) is 4.84. The molecule has 0 aliphatic carbocycles. The van der Waals surface area contributed by atoms with Crippen LogP contribution in [-0.2, 0) is 10.0 Å². The van der Waals surface area contributed by atoms with Gasteiger partial charge in [-0.05, 0) is 51.7 Å². The zero-order valence-corrected chi connectivity index (χ0v) is 17.9. The SMILES string of the molecule is Cc1cc(C)c(S(=O)(=O)NCCNc2nc(C)cc(N3CCCC3)n2)c(C)c1. The van der Waals surface area contributed by atoms with Crippen LogP contribution in [0, 0.1) is 27.7 Å². The normalized spacial score (nSPS) is 14.5. The van der Waals surface area contributed by atoms with Crippen LogP contribution in [0.15, 0.2) is 23.1 Å². The van der Waals surface area contributed by atoms with E-state index in [1.165, 1.54) is 12.8 Å². The molecule has 0 saturated carbocycles. The summed E-state index contributed by atoms with van der Waals surface area (Å²) in [6.45, 7) is 10.3. The Morgan fingerprint density at radius 1 is 0.964 bits per heavy atom. The molecule has 1 fully saturated rings. The van der Waals surface area contributed by atoms with Crippen molar-refractivity contribution in [3.63, 3.8) is 0 Å². The zero-order chi connectivity index (χ0) is 20.3. The molecule has 1 aromatic carbocycles. The maximum atomic E-state index is 12.7. The molecule has 0 unspecified atom stereocenters.